The fourth-order valence-electron chi connectivity index (χ4n) is 4.23. The van der Waals surface area contributed by atoms with Gasteiger partial charge >= 0.3 is 0 Å². The van der Waals surface area contributed by atoms with Crippen LogP contribution in [0.2, 0.25) is 0 Å². The Morgan fingerprint density at radius 3 is 2.27 bits per heavy atom. The van der Waals surface area contributed by atoms with E-state index >= 15 is 0 Å². The van der Waals surface area contributed by atoms with Crippen LogP contribution in [0.4, 0.5) is 0 Å². The Labute approximate surface area is 125 Å². The standard InChI is InChI=1S/C18H14O4/c19-15-10-7-6-9-5-4-8-2-1-3-11-12(8)13(9)14(10)18(11,22)17(21)16(15)20/h1-7,15-17,19-22H/t15-,16+,17-,18+/m1/s1. The maximum Gasteiger partial charge on any atom is 0.145 e. The molecule has 0 unspecified atom stereocenters. The lowest BCUT2D eigenvalue weighted by molar-refractivity contribution is -0.152. The number of hydrogen-bond acceptors (Lipinski definition) is 4. The highest BCUT2D eigenvalue weighted by molar-refractivity contribution is 6.15. The van der Waals surface area contributed by atoms with Crippen LogP contribution in [-0.2, 0) is 5.60 Å². The molecule has 4 nitrogen and oxygen atoms in total. The summed E-state index contributed by atoms with van der Waals surface area (Å²) in [4.78, 5) is 0. The van der Waals surface area contributed by atoms with Crippen LogP contribution in [-0.4, -0.2) is 32.6 Å². The van der Waals surface area contributed by atoms with Crippen LogP contribution in [0.3, 0.4) is 0 Å². The van der Waals surface area contributed by atoms with Crippen LogP contribution < -0.4 is 0 Å². The summed E-state index contributed by atoms with van der Waals surface area (Å²) in [5.41, 5.74) is -0.0773. The highest BCUT2D eigenvalue weighted by Crippen LogP contribution is 2.55. The third-order valence-corrected chi connectivity index (χ3v) is 5.24. The molecular formula is C18H14O4. The maximum atomic E-state index is 11.3. The molecule has 0 aromatic heterocycles. The average molecular weight is 294 g/mol. The first-order valence-electron chi connectivity index (χ1n) is 7.31. The van der Waals surface area contributed by atoms with E-state index in [2.05, 4.69) is 0 Å². The van der Waals surface area contributed by atoms with Gasteiger partial charge in [0.15, 0.2) is 0 Å². The van der Waals surface area contributed by atoms with E-state index in [-0.39, 0.29) is 0 Å². The molecule has 4 atom stereocenters. The first kappa shape index (κ1) is 12.6. The molecular weight excluding hydrogens is 280 g/mol. The summed E-state index contributed by atoms with van der Waals surface area (Å²) >= 11 is 0. The summed E-state index contributed by atoms with van der Waals surface area (Å²) in [5, 5.41) is 46.0. The smallest absolute Gasteiger partial charge is 0.145 e. The van der Waals surface area contributed by atoms with Crippen molar-refractivity contribution < 1.29 is 20.4 Å². The van der Waals surface area contributed by atoms with Crippen molar-refractivity contribution in [3.05, 3.63) is 59.2 Å². The number of hydrogen-bond donors (Lipinski definition) is 4. The predicted molar refractivity (Wildman–Crippen MR) is 81.4 cm³/mol. The monoisotopic (exact) mass is 294 g/mol. The van der Waals surface area contributed by atoms with Gasteiger partial charge in [-0.05, 0) is 32.7 Å². The molecule has 3 aromatic carbocycles. The van der Waals surface area contributed by atoms with Crippen molar-refractivity contribution >= 4 is 21.5 Å². The molecule has 110 valence electrons. The summed E-state index contributed by atoms with van der Waals surface area (Å²) in [6.45, 7) is 0. The molecule has 0 heterocycles. The Morgan fingerprint density at radius 1 is 0.818 bits per heavy atom. The lowest BCUT2D eigenvalue weighted by Gasteiger charge is -2.42. The first-order chi connectivity index (χ1) is 10.5. The molecule has 0 saturated heterocycles. The van der Waals surface area contributed by atoms with Gasteiger partial charge in [0.1, 0.15) is 23.9 Å². The van der Waals surface area contributed by atoms with E-state index in [0.29, 0.717) is 16.7 Å². The molecule has 22 heavy (non-hydrogen) atoms. The van der Waals surface area contributed by atoms with Gasteiger partial charge in [0.25, 0.3) is 0 Å². The van der Waals surface area contributed by atoms with E-state index in [4.69, 9.17) is 0 Å². The lowest BCUT2D eigenvalue weighted by Crippen LogP contribution is -2.52. The van der Waals surface area contributed by atoms with Crippen LogP contribution in [0.5, 0.6) is 0 Å². The maximum absolute atomic E-state index is 11.3. The number of aliphatic hydroxyl groups excluding tert-OH is 3. The van der Waals surface area contributed by atoms with Crippen molar-refractivity contribution in [2.24, 2.45) is 0 Å². The second kappa shape index (κ2) is 3.67. The molecule has 0 saturated carbocycles. The van der Waals surface area contributed by atoms with Gasteiger partial charge in [-0.3, -0.25) is 0 Å². The molecule has 2 aliphatic rings. The zero-order valence-corrected chi connectivity index (χ0v) is 11.6. The third-order valence-electron chi connectivity index (χ3n) is 5.24. The number of aliphatic hydroxyl groups is 4. The van der Waals surface area contributed by atoms with E-state index in [1.165, 1.54) is 0 Å². The summed E-state index contributed by atoms with van der Waals surface area (Å²) in [5.74, 6) is 0. The van der Waals surface area contributed by atoms with Gasteiger partial charge in [0.2, 0.25) is 0 Å². The quantitative estimate of drug-likeness (QED) is 0.471. The molecule has 0 spiro atoms. The third kappa shape index (κ3) is 1.13. The molecule has 4 heteroatoms. The molecule has 0 bridgehead atoms. The highest BCUT2D eigenvalue weighted by Gasteiger charge is 2.55. The Kier molecular flexibility index (Phi) is 2.09. The average Bonchev–Trinajstić information content (AvgIpc) is 2.83. The summed E-state index contributed by atoms with van der Waals surface area (Å²) < 4.78 is 0. The van der Waals surface area contributed by atoms with Crippen LogP contribution in [0.25, 0.3) is 21.5 Å². The van der Waals surface area contributed by atoms with Crippen LogP contribution in [0.15, 0.2) is 42.5 Å². The SMILES string of the molecule is O[C@H]1[C@H](O)c2ccc3ccc4cccc5c4c3c2[C@]5(O)[C@@H]1O. The van der Waals surface area contributed by atoms with Crippen molar-refractivity contribution in [3.8, 4) is 0 Å². The first-order valence-corrected chi connectivity index (χ1v) is 7.31. The van der Waals surface area contributed by atoms with Gasteiger partial charge in [0.05, 0.1) is 0 Å². The Balaban J connectivity index is 2.09. The molecule has 3 aromatic rings. The lowest BCUT2D eigenvalue weighted by atomic mass is 9.73. The van der Waals surface area contributed by atoms with E-state index in [0.717, 1.165) is 21.5 Å². The van der Waals surface area contributed by atoms with E-state index in [1.54, 1.807) is 12.1 Å². The second-order valence-electron chi connectivity index (χ2n) is 6.24. The fourth-order valence-corrected chi connectivity index (χ4v) is 4.23. The highest BCUT2D eigenvalue weighted by atomic mass is 16.4. The van der Waals surface area contributed by atoms with E-state index in [1.807, 2.05) is 30.3 Å². The van der Waals surface area contributed by atoms with Crippen LogP contribution in [0, 0.1) is 0 Å². The van der Waals surface area contributed by atoms with Crippen molar-refractivity contribution in [3.63, 3.8) is 0 Å². The predicted octanol–water partition coefficient (Wildman–Crippen LogP) is 1.31. The summed E-state index contributed by atoms with van der Waals surface area (Å²) in [7, 11) is 0. The van der Waals surface area contributed by atoms with Crippen molar-refractivity contribution in [1.29, 1.82) is 0 Å². The van der Waals surface area contributed by atoms with Gasteiger partial charge in [-0.2, -0.15) is 0 Å². The van der Waals surface area contributed by atoms with Gasteiger partial charge < -0.3 is 20.4 Å². The minimum atomic E-state index is -1.68. The number of fused-ring (bicyclic) bond motifs is 1. The number of benzene rings is 3. The Morgan fingerprint density at radius 2 is 1.50 bits per heavy atom. The van der Waals surface area contributed by atoms with Gasteiger partial charge in [-0.25, -0.2) is 0 Å². The molecule has 0 fully saturated rings. The molecule has 4 N–H and O–H groups in total. The largest absolute Gasteiger partial charge is 0.387 e. The minimum absolute atomic E-state index is 0.483. The van der Waals surface area contributed by atoms with E-state index in [9.17, 15) is 20.4 Å². The second-order valence-corrected chi connectivity index (χ2v) is 6.24. The minimum Gasteiger partial charge on any atom is -0.387 e. The van der Waals surface area contributed by atoms with Crippen LogP contribution >= 0.6 is 0 Å². The fraction of sp³-hybridized carbons (Fsp3) is 0.222. The topological polar surface area (TPSA) is 80.9 Å². The van der Waals surface area contributed by atoms with E-state index < -0.39 is 23.9 Å². The zero-order valence-electron chi connectivity index (χ0n) is 11.6. The molecule has 0 amide bonds. The zero-order chi connectivity index (χ0) is 15.2. The van der Waals surface area contributed by atoms with Crippen molar-refractivity contribution in [2.45, 2.75) is 23.9 Å². The van der Waals surface area contributed by atoms with Crippen LogP contribution in [0.1, 0.15) is 22.8 Å². The van der Waals surface area contributed by atoms with Crippen molar-refractivity contribution in [1.82, 2.24) is 0 Å². The number of rotatable bonds is 0. The normalized spacial score (nSPS) is 32.3. The molecule has 0 radical (unpaired) electrons. The molecule has 2 aliphatic carbocycles. The van der Waals surface area contributed by atoms with Gasteiger partial charge in [-0.1, -0.05) is 42.5 Å². The molecule has 5 rings (SSSR count). The van der Waals surface area contributed by atoms with Crippen molar-refractivity contribution in [2.75, 3.05) is 0 Å². The van der Waals surface area contributed by atoms with Gasteiger partial charge in [0, 0.05) is 5.56 Å². The molecule has 0 aliphatic heterocycles. The Hall–Kier alpha value is -1.98. The summed E-state index contributed by atoms with van der Waals surface area (Å²) in [6, 6.07) is 13.1. The summed E-state index contributed by atoms with van der Waals surface area (Å²) in [6.07, 6.45) is -4.11. The van der Waals surface area contributed by atoms with Gasteiger partial charge in [-0.15, -0.1) is 0 Å². The Bertz CT molecular complexity index is 964.